The minimum absolute atomic E-state index is 0.140. The maximum absolute atomic E-state index is 12.4. The third kappa shape index (κ3) is 11.8. The molecule has 0 radical (unpaired) electrons. The highest BCUT2D eigenvalue weighted by atomic mass is 32.2. The van der Waals surface area contributed by atoms with Gasteiger partial charge in [0.2, 0.25) is 5.69 Å². The van der Waals surface area contributed by atoms with Crippen LogP contribution in [0.15, 0.2) is 107 Å². The molecule has 4 aromatic rings. The SMILES string of the molecule is CCN1C(=CC=CC=CC2=[N+](CCCCCOP(OCCC#N)N(C(C)C)C(C)C)c3ccc4ccccc4c3CC2(C)C)C(C)(C)Cc2c1ccc1c(SOOO)cc(S(=O)(=O)O)cc21. The highest BCUT2D eigenvalue weighted by Crippen LogP contribution is 2.49. The number of benzene rings is 4. The molecule has 1 unspecified atom stereocenters. The largest absolute Gasteiger partial charge is 0.345 e. The Labute approximate surface area is 397 Å². The number of anilines is 1. The fraction of sp³-hybridized carbons (Fsp3) is 0.451. The van der Waals surface area contributed by atoms with Crippen molar-refractivity contribution in [2.24, 2.45) is 10.8 Å². The molecule has 66 heavy (non-hydrogen) atoms. The molecule has 0 bridgehead atoms. The first-order valence-corrected chi connectivity index (χ1v) is 26.2. The average Bonchev–Trinajstić information content (AvgIpc) is 3.25. The highest BCUT2D eigenvalue weighted by Gasteiger charge is 2.40. The smallest absolute Gasteiger partial charge is 0.294 e. The second-order valence-corrected chi connectivity index (χ2v) is 22.3. The van der Waals surface area contributed by atoms with E-state index in [0.29, 0.717) is 60.3 Å². The summed E-state index contributed by atoms with van der Waals surface area (Å²) in [5.41, 5.74) is 6.44. The average molecular weight is 958 g/mol. The van der Waals surface area contributed by atoms with Gasteiger partial charge in [-0.25, -0.2) is 9.93 Å². The molecular formula is C51H66N4O8PS2+. The van der Waals surface area contributed by atoms with E-state index in [2.05, 4.69) is 154 Å². The summed E-state index contributed by atoms with van der Waals surface area (Å²) in [6, 6.07) is 22.6. The van der Waals surface area contributed by atoms with Crippen LogP contribution >= 0.6 is 20.6 Å². The fourth-order valence-corrected chi connectivity index (χ4v) is 12.3. The van der Waals surface area contributed by atoms with Crippen LogP contribution in [0, 0.1) is 22.2 Å². The molecule has 2 heterocycles. The van der Waals surface area contributed by atoms with Gasteiger partial charge in [-0.05, 0) is 132 Å². The molecule has 2 N–H and O–H groups in total. The lowest BCUT2D eigenvalue weighted by molar-refractivity contribution is -0.448. The summed E-state index contributed by atoms with van der Waals surface area (Å²) in [5, 5.41) is 25.7. The minimum atomic E-state index is -4.54. The summed E-state index contributed by atoms with van der Waals surface area (Å²) in [6.45, 7) is 22.2. The number of allylic oxidation sites excluding steroid dienone is 6. The topological polar surface area (TPSA) is 145 Å². The van der Waals surface area contributed by atoms with Crippen molar-refractivity contribution in [3.8, 4) is 6.07 Å². The van der Waals surface area contributed by atoms with E-state index >= 15 is 0 Å². The van der Waals surface area contributed by atoms with Crippen LogP contribution in [0.4, 0.5) is 11.4 Å². The van der Waals surface area contributed by atoms with E-state index in [4.69, 9.17) is 23.9 Å². The molecule has 2 aliphatic heterocycles. The molecule has 0 saturated carbocycles. The first-order valence-electron chi connectivity index (χ1n) is 22.8. The van der Waals surface area contributed by atoms with Crippen molar-refractivity contribution in [2.75, 3.05) is 31.2 Å². The van der Waals surface area contributed by atoms with Crippen LogP contribution < -0.4 is 4.90 Å². The number of hydrogen-bond acceptors (Lipinski definition) is 11. The number of nitriles is 1. The van der Waals surface area contributed by atoms with Crippen molar-refractivity contribution >= 4 is 69.3 Å². The standard InChI is InChI=1S/C51H65N4O8PS2/c1-10-53-45-27-25-41-42(32-39(66(57,58)59)33-47(41)65-63-62-56)44(45)35-50(6,7)48(53)22-13-11-14-23-49-51(8,9)34-43-40-21-16-15-20-38(40)24-26-46(43)54(49)29-17-12-18-30-60-64(61-31-19-28-52)55(36(2)3)37(4)5/h11,13-16,20-27,32-33,36-37H,10,12,17-19,29-31,34-35H2,1-9H3,(H-,56,57,58,59)/p+1. The molecule has 0 spiro atoms. The van der Waals surface area contributed by atoms with Crippen molar-refractivity contribution in [1.82, 2.24) is 4.67 Å². The van der Waals surface area contributed by atoms with Gasteiger partial charge in [0.25, 0.3) is 18.6 Å². The summed E-state index contributed by atoms with van der Waals surface area (Å²) in [5.74, 6) is 0. The lowest BCUT2D eigenvalue weighted by atomic mass is 9.76. The van der Waals surface area contributed by atoms with Crippen LogP contribution in [-0.4, -0.2) is 71.6 Å². The summed E-state index contributed by atoms with van der Waals surface area (Å²) in [7, 11) is -5.81. The van der Waals surface area contributed by atoms with Gasteiger partial charge in [0.1, 0.15) is 6.54 Å². The Kier molecular flexibility index (Phi) is 17.5. The number of unbranched alkanes of at least 4 members (excludes halogenated alkanes) is 2. The van der Waals surface area contributed by atoms with Gasteiger partial charge in [0.15, 0.2) is 5.71 Å². The zero-order valence-corrected chi connectivity index (χ0v) is 42.3. The van der Waals surface area contributed by atoms with E-state index in [1.165, 1.54) is 39.9 Å². The Morgan fingerprint density at radius 3 is 2.32 bits per heavy atom. The lowest BCUT2D eigenvalue weighted by Gasteiger charge is -2.43. The Morgan fingerprint density at radius 1 is 0.894 bits per heavy atom. The molecule has 0 aliphatic carbocycles. The van der Waals surface area contributed by atoms with Crippen molar-refractivity contribution in [3.05, 3.63) is 108 Å². The molecule has 6 rings (SSSR count). The highest BCUT2D eigenvalue weighted by molar-refractivity contribution is 7.94. The van der Waals surface area contributed by atoms with E-state index in [9.17, 15) is 13.0 Å². The number of nitrogens with zero attached hydrogens (tertiary/aromatic N) is 4. The third-order valence-electron chi connectivity index (χ3n) is 12.3. The monoisotopic (exact) mass is 957 g/mol. The van der Waals surface area contributed by atoms with Gasteiger partial charge in [-0.1, -0.05) is 67.4 Å². The van der Waals surface area contributed by atoms with Gasteiger partial charge in [-0.15, -0.1) is 4.33 Å². The van der Waals surface area contributed by atoms with Gasteiger partial charge in [-0.2, -0.15) is 18.3 Å². The number of fused-ring (bicyclic) bond motifs is 6. The minimum Gasteiger partial charge on any atom is -0.345 e. The molecule has 15 heteroatoms. The predicted molar refractivity (Wildman–Crippen MR) is 268 cm³/mol. The van der Waals surface area contributed by atoms with Crippen LogP contribution in [0.3, 0.4) is 0 Å². The first-order chi connectivity index (χ1) is 31.4. The molecule has 0 amide bonds. The lowest BCUT2D eigenvalue weighted by Crippen LogP contribution is -2.38. The number of hydrogen-bond donors (Lipinski definition) is 2. The van der Waals surface area contributed by atoms with Gasteiger partial charge < -0.3 is 13.9 Å². The normalized spacial score (nSPS) is 17.3. The Bertz CT molecular complexity index is 2640. The zero-order chi connectivity index (χ0) is 47.8. The molecule has 1 atom stereocenters. The summed E-state index contributed by atoms with van der Waals surface area (Å²) >= 11 is 0.663. The van der Waals surface area contributed by atoms with E-state index < -0.39 is 18.6 Å². The van der Waals surface area contributed by atoms with Crippen LogP contribution in [0.5, 0.6) is 0 Å². The Balaban J connectivity index is 1.27. The van der Waals surface area contributed by atoms with E-state index in [0.717, 1.165) is 49.2 Å². The van der Waals surface area contributed by atoms with Gasteiger partial charge >= 0.3 is 0 Å². The van der Waals surface area contributed by atoms with Crippen LogP contribution in [0.25, 0.3) is 21.5 Å². The fourth-order valence-electron chi connectivity index (χ4n) is 9.53. The third-order valence-corrected chi connectivity index (χ3v) is 15.9. The van der Waals surface area contributed by atoms with Gasteiger partial charge in [0, 0.05) is 64.4 Å². The molecular weight excluding hydrogens is 892 g/mol. The molecule has 0 aromatic heterocycles. The summed E-state index contributed by atoms with van der Waals surface area (Å²) < 4.78 is 56.8. The van der Waals surface area contributed by atoms with Crippen molar-refractivity contribution in [2.45, 2.75) is 123 Å². The van der Waals surface area contributed by atoms with Crippen LogP contribution in [0.2, 0.25) is 0 Å². The molecule has 0 saturated heterocycles. The van der Waals surface area contributed by atoms with E-state index in [-0.39, 0.29) is 27.8 Å². The Morgan fingerprint density at radius 2 is 1.62 bits per heavy atom. The molecule has 2 aliphatic rings. The zero-order valence-electron chi connectivity index (χ0n) is 39.8. The van der Waals surface area contributed by atoms with Crippen LogP contribution in [-0.2, 0) is 41.4 Å². The first kappa shape index (κ1) is 51.4. The predicted octanol–water partition coefficient (Wildman–Crippen LogP) is 12.9. The van der Waals surface area contributed by atoms with Crippen molar-refractivity contribution in [1.29, 1.82) is 5.26 Å². The summed E-state index contributed by atoms with van der Waals surface area (Å²) in [4.78, 5) is 2.36. The Hall–Kier alpha value is -3.97. The van der Waals surface area contributed by atoms with Crippen LogP contribution in [0.1, 0.15) is 99.1 Å². The quantitative estimate of drug-likeness (QED) is 0.0120. The van der Waals surface area contributed by atoms with E-state index in [1.807, 2.05) is 12.1 Å². The summed E-state index contributed by atoms with van der Waals surface area (Å²) in [6.07, 6.45) is 15.5. The van der Waals surface area contributed by atoms with Gasteiger partial charge in [-0.3, -0.25) is 4.55 Å². The molecule has 12 nitrogen and oxygen atoms in total. The maximum Gasteiger partial charge on any atom is 0.294 e. The van der Waals surface area contributed by atoms with E-state index in [1.54, 1.807) is 0 Å². The second-order valence-electron chi connectivity index (χ2n) is 18.7. The molecule has 354 valence electrons. The maximum atomic E-state index is 12.4. The van der Waals surface area contributed by atoms with Crippen molar-refractivity contribution < 1.29 is 41.2 Å². The molecule has 0 fully saturated rings. The van der Waals surface area contributed by atoms with Gasteiger partial charge in [0.05, 0.1) is 48.1 Å². The molecule has 4 aromatic carbocycles. The number of rotatable bonds is 21. The van der Waals surface area contributed by atoms with Crippen molar-refractivity contribution in [3.63, 3.8) is 0 Å². The second kappa shape index (κ2) is 22.4.